The smallest absolute Gasteiger partial charge is 0.228 e. The van der Waals surface area contributed by atoms with Crippen LogP contribution in [-0.2, 0) is 11.2 Å². The molecule has 0 aromatic heterocycles. The van der Waals surface area contributed by atoms with Crippen LogP contribution in [0.1, 0.15) is 5.56 Å². The quantitative estimate of drug-likeness (QED) is 0.770. The lowest BCUT2D eigenvalue weighted by molar-refractivity contribution is -0.115. The number of hydrogen-bond donors (Lipinski definition) is 1. The van der Waals surface area contributed by atoms with Crippen molar-refractivity contribution < 1.29 is 4.79 Å². The second-order valence-electron chi connectivity index (χ2n) is 7.17. The Bertz CT molecular complexity index is 940. The van der Waals surface area contributed by atoms with Crippen molar-refractivity contribution in [2.45, 2.75) is 6.42 Å². The zero-order valence-electron chi connectivity index (χ0n) is 15.7. The minimum atomic E-state index is 0.0212. The van der Waals surface area contributed by atoms with Crippen LogP contribution in [0.3, 0.4) is 0 Å². The summed E-state index contributed by atoms with van der Waals surface area (Å²) in [6.07, 6.45) is 0.373. The van der Waals surface area contributed by atoms with Crippen LogP contribution < -0.4 is 10.2 Å². The Morgan fingerprint density at radius 2 is 1.59 bits per heavy atom. The van der Waals surface area contributed by atoms with E-state index < -0.39 is 0 Å². The van der Waals surface area contributed by atoms with E-state index in [4.69, 9.17) is 0 Å². The maximum Gasteiger partial charge on any atom is 0.228 e. The molecule has 3 aromatic rings. The van der Waals surface area contributed by atoms with Gasteiger partial charge in [-0.15, -0.1) is 0 Å². The van der Waals surface area contributed by atoms with Gasteiger partial charge in [0.25, 0.3) is 0 Å². The van der Waals surface area contributed by atoms with Crippen molar-refractivity contribution in [1.82, 2.24) is 4.90 Å². The zero-order chi connectivity index (χ0) is 18.6. The first kappa shape index (κ1) is 17.6. The van der Waals surface area contributed by atoms with Crippen molar-refractivity contribution in [2.75, 3.05) is 43.4 Å². The lowest BCUT2D eigenvalue weighted by Gasteiger charge is -2.35. The first-order chi connectivity index (χ1) is 13.2. The number of nitrogens with one attached hydrogen (secondary N) is 1. The van der Waals surface area contributed by atoms with Crippen LogP contribution in [0, 0.1) is 0 Å². The van der Waals surface area contributed by atoms with Gasteiger partial charge in [-0.3, -0.25) is 4.79 Å². The van der Waals surface area contributed by atoms with E-state index >= 15 is 0 Å². The van der Waals surface area contributed by atoms with Gasteiger partial charge in [-0.25, -0.2) is 0 Å². The standard InChI is InChI=1S/C23H25N3O/c1-25-13-15-26(16-14-25)22-12-5-4-11-21(22)24-23(27)17-19-9-6-8-18-7-2-3-10-20(18)19/h2-12H,13-17H2,1H3,(H,24,27). The van der Waals surface area contributed by atoms with E-state index in [9.17, 15) is 4.79 Å². The Morgan fingerprint density at radius 1 is 0.889 bits per heavy atom. The molecule has 0 spiro atoms. The maximum absolute atomic E-state index is 12.8. The summed E-state index contributed by atoms with van der Waals surface area (Å²) in [5.74, 6) is 0.0212. The van der Waals surface area contributed by atoms with Crippen LogP contribution in [0.25, 0.3) is 10.8 Å². The zero-order valence-corrected chi connectivity index (χ0v) is 15.7. The second kappa shape index (κ2) is 7.80. The van der Waals surface area contributed by atoms with Crippen molar-refractivity contribution in [2.24, 2.45) is 0 Å². The van der Waals surface area contributed by atoms with E-state index in [0.29, 0.717) is 6.42 Å². The molecule has 0 bridgehead atoms. The Hall–Kier alpha value is -2.85. The maximum atomic E-state index is 12.8. The molecule has 1 aliphatic heterocycles. The number of hydrogen-bond acceptors (Lipinski definition) is 3. The highest BCUT2D eigenvalue weighted by Crippen LogP contribution is 2.27. The summed E-state index contributed by atoms with van der Waals surface area (Å²) in [4.78, 5) is 17.5. The summed E-state index contributed by atoms with van der Waals surface area (Å²) in [6.45, 7) is 4.04. The topological polar surface area (TPSA) is 35.6 Å². The van der Waals surface area contributed by atoms with E-state index in [1.54, 1.807) is 0 Å². The van der Waals surface area contributed by atoms with Gasteiger partial charge in [0.2, 0.25) is 5.91 Å². The second-order valence-corrected chi connectivity index (χ2v) is 7.17. The average molecular weight is 359 g/mol. The number of amides is 1. The van der Waals surface area contributed by atoms with Crippen LogP contribution in [0.2, 0.25) is 0 Å². The summed E-state index contributed by atoms with van der Waals surface area (Å²) in [5, 5.41) is 5.45. The van der Waals surface area contributed by atoms with Gasteiger partial charge >= 0.3 is 0 Å². The number of fused-ring (bicyclic) bond motifs is 1. The van der Waals surface area contributed by atoms with Gasteiger partial charge in [0.1, 0.15) is 0 Å². The van der Waals surface area contributed by atoms with Crippen LogP contribution in [0.5, 0.6) is 0 Å². The summed E-state index contributed by atoms with van der Waals surface area (Å²) in [7, 11) is 2.15. The SMILES string of the molecule is CN1CCN(c2ccccc2NC(=O)Cc2cccc3ccccc23)CC1. The molecule has 4 heteroatoms. The van der Waals surface area contributed by atoms with Gasteiger partial charge in [0.05, 0.1) is 17.8 Å². The molecule has 0 unspecified atom stereocenters. The fourth-order valence-corrected chi connectivity index (χ4v) is 3.72. The predicted octanol–water partition coefficient (Wildman–Crippen LogP) is 3.77. The Morgan fingerprint density at radius 3 is 2.44 bits per heavy atom. The molecule has 0 radical (unpaired) electrons. The molecule has 0 saturated carbocycles. The third kappa shape index (κ3) is 3.96. The lowest BCUT2D eigenvalue weighted by atomic mass is 10.0. The highest BCUT2D eigenvalue weighted by molar-refractivity contribution is 5.98. The third-order valence-corrected chi connectivity index (χ3v) is 5.25. The van der Waals surface area contributed by atoms with Crippen molar-refractivity contribution in [3.63, 3.8) is 0 Å². The van der Waals surface area contributed by atoms with E-state index in [2.05, 4.69) is 46.4 Å². The fraction of sp³-hybridized carbons (Fsp3) is 0.261. The molecule has 0 aliphatic carbocycles. The highest BCUT2D eigenvalue weighted by Gasteiger charge is 2.18. The molecule has 1 aliphatic rings. The molecular formula is C23H25N3O. The Kier molecular flexibility index (Phi) is 5.07. The molecule has 1 heterocycles. The number of anilines is 2. The number of carbonyl (C=O) groups excluding carboxylic acids is 1. The van der Waals surface area contributed by atoms with Crippen molar-refractivity contribution in [3.05, 3.63) is 72.3 Å². The monoisotopic (exact) mass is 359 g/mol. The number of likely N-dealkylation sites (N-methyl/N-ethyl adjacent to an activating group) is 1. The molecule has 4 nitrogen and oxygen atoms in total. The number of para-hydroxylation sites is 2. The van der Waals surface area contributed by atoms with E-state index in [1.807, 2.05) is 42.5 Å². The molecule has 3 aromatic carbocycles. The largest absolute Gasteiger partial charge is 0.367 e. The minimum absolute atomic E-state index is 0.0212. The number of carbonyl (C=O) groups is 1. The van der Waals surface area contributed by atoms with E-state index in [-0.39, 0.29) is 5.91 Å². The average Bonchev–Trinajstić information content (AvgIpc) is 2.69. The van der Waals surface area contributed by atoms with E-state index in [1.165, 1.54) is 5.39 Å². The Labute approximate surface area is 160 Å². The van der Waals surface area contributed by atoms with E-state index in [0.717, 1.165) is 48.5 Å². The summed E-state index contributed by atoms with van der Waals surface area (Å²) >= 11 is 0. The van der Waals surface area contributed by atoms with Gasteiger partial charge in [-0.2, -0.15) is 0 Å². The summed E-state index contributed by atoms with van der Waals surface area (Å²) < 4.78 is 0. The normalized spacial score (nSPS) is 15.1. The number of rotatable bonds is 4. The Balaban J connectivity index is 1.52. The molecule has 1 N–H and O–H groups in total. The van der Waals surface area contributed by atoms with Gasteiger partial charge in [0.15, 0.2) is 0 Å². The first-order valence-corrected chi connectivity index (χ1v) is 9.50. The number of piperazine rings is 1. The van der Waals surface area contributed by atoms with Gasteiger partial charge < -0.3 is 15.1 Å². The lowest BCUT2D eigenvalue weighted by Crippen LogP contribution is -2.44. The van der Waals surface area contributed by atoms with Gasteiger partial charge in [0, 0.05) is 26.2 Å². The molecule has 1 fully saturated rings. The number of nitrogens with zero attached hydrogens (tertiary/aromatic N) is 2. The molecule has 138 valence electrons. The predicted molar refractivity (Wildman–Crippen MR) is 112 cm³/mol. The first-order valence-electron chi connectivity index (χ1n) is 9.50. The van der Waals surface area contributed by atoms with Crippen molar-refractivity contribution in [3.8, 4) is 0 Å². The number of benzene rings is 3. The molecule has 1 saturated heterocycles. The summed E-state index contributed by atoms with van der Waals surface area (Å²) in [5.41, 5.74) is 3.06. The fourth-order valence-electron chi connectivity index (χ4n) is 3.72. The van der Waals surface area contributed by atoms with Crippen molar-refractivity contribution in [1.29, 1.82) is 0 Å². The summed E-state index contributed by atoms with van der Waals surface area (Å²) in [6, 6.07) is 22.5. The molecule has 0 atom stereocenters. The van der Waals surface area contributed by atoms with Crippen LogP contribution in [-0.4, -0.2) is 44.0 Å². The van der Waals surface area contributed by atoms with Crippen LogP contribution in [0.15, 0.2) is 66.7 Å². The van der Waals surface area contributed by atoms with Crippen LogP contribution >= 0.6 is 0 Å². The molecule has 1 amide bonds. The van der Waals surface area contributed by atoms with Crippen LogP contribution in [0.4, 0.5) is 11.4 Å². The van der Waals surface area contributed by atoms with Gasteiger partial charge in [-0.05, 0) is 35.5 Å². The molecule has 4 rings (SSSR count). The minimum Gasteiger partial charge on any atom is -0.367 e. The van der Waals surface area contributed by atoms with Crippen molar-refractivity contribution >= 4 is 28.1 Å². The third-order valence-electron chi connectivity index (χ3n) is 5.25. The highest BCUT2D eigenvalue weighted by atomic mass is 16.1. The van der Waals surface area contributed by atoms with Gasteiger partial charge in [-0.1, -0.05) is 54.6 Å². The molecular weight excluding hydrogens is 334 g/mol. The molecule has 27 heavy (non-hydrogen) atoms.